The van der Waals surface area contributed by atoms with E-state index in [9.17, 15) is 4.79 Å². The number of amides is 1. The summed E-state index contributed by atoms with van der Waals surface area (Å²) in [4.78, 5) is 13.5. The van der Waals surface area contributed by atoms with Crippen molar-refractivity contribution in [3.63, 3.8) is 0 Å². The molecule has 0 saturated carbocycles. The summed E-state index contributed by atoms with van der Waals surface area (Å²) in [6.07, 6.45) is 1.77. The zero-order valence-corrected chi connectivity index (χ0v) is 9.45. The van der Waals surface area contributed by atoms with E-state index in [0.717, 1.165) is 19.5 Å². The van der Waals surface area contributed by atoms with Crippen molar-refractivity contribution in [2.75, 3.05) is 26.8 Å². The van der Waals surface area contributed by atoms with Crippen molar-refractivity contribution in [3.05, 3.63) is 0 Å². The van der Waals surface area contributed by atoms with Crippen LogP contribution in [0.25, 0.3) is 0 Å². The molecule has 1 aliphatic heterocycles. The van der Waals surface area contributed by atoms with Gasteiger partial charge in [-0.1, -0.05) is 13.8 Å². The van der Waals surface area contributed by atoms with E-state index in [4.69, 9.17) is 4.74 Å². The van der Waals surface area contributed by atoms with Crippen LogP contribution in [0.5, 0.6) is 0 Å². The highest BCUT2D eigenvalue weighted by molar-refractivity contribution is 5.76. The number of ether oxygens (including phenoxy) is 1. The number of piperidine rings is 1. The molecule has 0 aromatic heterocycles. The van der Waals surface area contributed by atoms with Crippen molar-refractivity contribution in [2.45, 2.75) is 26.7 Å². The SMILES string of the molecule is COCCN1CC(C(C)C)CCC1=O. The lowest BCUT2D eigenvalue weighted by atomic mass is 9.87. The molecule has 1 saturated heterocycles. The van der Waals surface area contributed by atoms with Crippen LogP contribution in [0.4, 0.5) is 0 Å². The molecule has 3 heteroatoms. The quantitative estimate of drug-likeness (QED) is 0.687. The number of hydrogen-bond acceptors (Lipinski definition) is 2. The van der Waals surface area contributed by atoms with Crippen molar-refractivity contribution in [1.82, 2.24) is 4.90 Å². The van der Waals surface area contributed by atoms with E-state index < -0.39 is 0 Å². The van der Waals surface area contributed by atoms with Crippen LogP contribution in [0.15, 0.2) is 0 Å². The third-order valence-electron chi connectivity index (χ3n) is 3.04. The Morgan fingerprint density at radius 3 is 2.86 bits per heavy atom. The molecule has 0 bridgehead atoms. The Morgan fingerprint density at radius 1 is 1.57 bits per heavy atom. The average Bonchev–Trinajstić information content (AvgIpc) is 2.16. The lowest BCUT2D eigenvalue weighted by Gasteiger charge is -2.34. The molecule has 0 aromatic carbocycles. The number of likely N-dealkylation sites (tertiary alicyclic amines) is 1. The Hall–Kier alpha value is -0.570. The fraction of sp³-hybridized carbons (Fsp3) is 0.909. The highest BCUT2D eigenvalue weighted by Gasteiger charge is 2.26. The third-order valence-corrected chi connectivity index (χ3v) is 3.04. The highest BCUT2D eigenvalue weighted by Crippen LogP contribution is 2.23. The second-order valence-corrected chi connectivity index (χ2v) is 4.38. The van der Waals surface area contributed by atoms with Crippen molar-refractivity contribution in [3.8, 4) is 0 Å². The van der Waals surface area contributed by atoms with Crippen molar-refractivity contribution >= 4 is 5.91 Å². The Bertz CT molecular complexity index is 192. The van der Waals surface area contributed by atoms with Crippen LogP contribution in [-0.2, 0) is 9.53 Å². The Morgan fingerprint density at radius 2 is 2.29 bits per heavy atom. The van der Waals surface area contributed by atoms with Gasteiger partial charge in [-0.05, 0) is 18.3 Å². The summed E-state index contributed by atoms with van der Waals surface area (Å²) in [7, 11) is 1.67. The van der Waals surface area contributed by atoms with E-state index in [2.05, 4.69) is 13.8 Å². The van der Waals surface area contributed by atoms with Crippen LogP contribution < -0.4 is 0 Å². The molecule has 1 aliphatic rings. The minimum atomic E-state index is 0.291. The molecule has 14 heavy (non-hydrogen) atoms. The monoisotopic (exact) mass is 199 g/mol. The number of carbonyl (C=O) groups excluding carboxylic acids is 1. The molecule has 0 N–H and O–H groups in total. The van der Waals surface area contributed by atoms with Gasteiger partial charge in [0.15, 0.2) is 0 Å². The number of nitrogens with zero attached hydrogens (tertiary/aromatic N) is 1. The van der Waals surface area contributed by atoms with Gasteiger partial charge in [-0.25, -0.2) is 0 Å². The molecule has 0 radical (unpaired) electrons. The number of rotatable bonds is 4. The fourth-order valence-electron chi connectivity index (χ4n) is 1.90. The van der Waals surface area contributed by atoms with Gasteiger partial charge in [0.25, 0.3) is 0 Å². The number of hydrogen-bond donors (Lipinski definition) is 0. The zero-order valence-electron chi connectivity index (χ0n) is 9.45. The second-order valence-electron chi connectivity index (χ2n) is 4.38. The molecule has 82 valence electrons. The maximum Gasteiger partial charge on any atom is 0.222 e. The van der Waals surface area contributed by atoms with Crippen molar-refractivity contribution in [2.24, 2.45) is 11.8 Å². The summed E-state index contributed by atoms with van der Waals surface area (Å²) >= 11 is 0. The predicted octanol–water partition coefficient (Wildman–Crippen LogP) is 1.53. The van der Waals surface area contributed by atoms with E-state index in [0.29, 0.717) is 30.8 Å². The van der Waals surface area contributed by atoms with Gasteiger partial charge < -0.3 is 9.64 Å². The molecule has 3 nitrogen and oxygen atoms in total. The second kappa shape index (κ2) is 5.35. The van der Waals surface area contributed by atoms with E-state index in [1.54, 1.807) is 7.11 Å². The fourth-order valence-corrected chi connectivity index (χ4v) is 1.90. The molecular formula is C11H21NO2. The molecule has 1 rings (SSSR count). The van der Waals surface area contributed by atoms with E-state index in [1.165, 1.54) is 0 Å². The molecule has 1 fully saturated rings. The van der Waals surface area contributed by atoms with Crippen LogP contribution in [0.1, 0.15) is 26.7 Å². The summed E-state index contributed by atoms with van der Waals surface area (Å²) in [6, 6.07) is 0. The molecule has 1 heterocycles. The third kappa shape index (κ3) is 2.98. The molecule has 1 unspecified atom stereocenters. The number of methoxy groups -OCH3 is 1. The molecule has 1 amide bonds. The van der Waals surface area contributed by atoms with E-state index in [-0.39, 0.29) is 0 Å². The van der Waals surface area contributed by atoms with Crippen molar-refractivity contribution < 1.29 is 9.53 Å². The summed E-state index contributed by atoms with van der Waals surface area (Å²) in [5, 5.41) is 0. The maximum absolute atomic E-state index is 11.5. The minimum absolute atomic E-state index is 0.291. The Balaban J connectivity index is 2.42. The van der Waals surface area contributed by atoms with Gasteiger partial charge in [-0.3, -0.25) is 4.79 Å². The van der Waals surface area contributed by atoms with Gasteiger partial charge in [0.05, 0.1) is 6.61 Å². The van der Waals surface area contributed by atoms with Gasteiger partial charge in [0.1, 0.15) is 0 Å². The highest BCUT2D eigenvalue weighted by atomic mass is 16.5. The minimum Gasteiger partial charge on any atom is -0.383 e. The lowest BCUT2D eigenvalue weighted by molar-refractivity contribution is -0.136. The van der Waals surface area contributed by atoms with Crippen LogP contribution in [0.2, 0.25) is 0 Å². The van der Waals surface area contributed by atoms with Crippen LogP contribution in [0.3, 0.4) is 0 Å². The largest absolute Gasteiger partial charge is 0.383 e. The first kappa shape index (κ1) is 11.5. The number of carbonyl (C=O) groups is 1. The van der Waals surface area contributed by atoms with Gasteiger partial charge >= 0.3 is 0 Å². The molecular weight excluding hydrogens is 178 g/mol. The smallest absolute Gasteiger partial charge is 0.222 e. The van der Waals surface area contributed by atoms with Crippen LogP contribution in [0, 0.1) is 11.8 Å². The molecule has 0 spiro atoms. The first-order valence-electron chi connectivity index (χ1n) is 5.42. The normalized spacial score (nSPS) is 23.3. The van der Waals surface area contributed by atoms with Gasteiger partial charge in [-0.2, -0.15) is 0 Å². The Labute approximate surface area is 86.4 Å². The molecule has 1 atom stereocenters. The summed E-state index contributed by atoms with van der Waals surface area (Å²) in [6.45, 7) is 6.78. The van der Waals surface area contributed by atoms with Crippen molar-refractivity contribution in [1.29, 1.82) is 0 Å². The van der Waals surface area contributed by atoms with Crippen LogP contribution >= 0.6 is 0 Å². The maximum atomic E-state index is 11.5. The lowest BCUT2D eigenvalue weighted by Crippen LogP contribution is -2.43. The van der Waals surface area contributed by atoms with Gasteiger partial charge in [0.2, 0.25) is 5.91 Å². The van der Waals surface area contributed by atoms with E-state index >= 15 is 0 Å². The van der Waals surface area contributed by atoms with Gasteiger partial charge in [-0.15, -0.1) is 0 Å². The van der Waals surface area contributed by atoms with Crippen LogP contribution in [-0.4, -0.2) is 37.6 Å². The average molecular weight is 199 g/mol. The van der Waals surface area contributed by atoms with Gasteiger partial charge in [0, 0.05) is 26.6 Å². The first-order valence-corrected chi connectivity index (χ1v) is 5.42. The summed E-state index contributed by atoms with van der Waals surface area (Å²) < 4.78 is 4.99. The van der Waals surface area contributed by atoms with E-state index in [1.807, 2.05) is 4.90 Å². The topological polar surface area (TPSA) is 29.5 Å². The standard InChI is InChI=1S/C11H21NO2/c1-9(2)10-4-5-11(13)12(8-10)6-7-14-3/h9-10H,4-8H2,1-3H3. The first-order chi connectivity index (χ1) is 6.65. The Kier molecular flexibility index (Phi) is 4.39. The zero-order chi connectivity index (χ0) is 10.6. The summed E-state index contributed by atoms with van der Waals surface area (Å²) in [5.41, 5.74) is 0. The molecule has 0 aliphatic carbocycles. The summed E-state index contributed by atoms with van der Waals surface area (Å²) in [5.74, 6) is 1.64. The molecule has 0 aromatic rings. The predicted molar refractivity (Wildman–Crippen MR) is 56.0 cm³/mol.